The predicted molar refractivity (Wildman–Crippen MR) is 67.0 cm³/mol. The first-order valence-electron chi connectivity index (χ1n) is 5.57. The van der Waals surface area contributed by atoms with Gasteiger partial charge in [0.2, 0.25) is 0 Å². The van der Waals surface area contributed by atoms with Crippen LogP contribution in [-0.2, 0) is 16.8 Å². The minimum Gasteiger partial charge on any atom is -0.385 e. The lowest BCUT2D eigenvalue weighted by molar-refractivity contribution is 0.0811. The lowest BCUT2D eigenvalue weighted by atomic mass is 10.0. The molecular formula is C12H21NO2S. The Bertz CT molecular complexity index is 339. The number of hydrogen-bond acceptors (Lipinski definition) is 4. The van der Waals surface area contributed by atoms with Crippen LogP contribution in [0.2, 0.25) is 0 Å². The number of aromatic nitrogens is 1. The number of hydrogen-bond donors (Lipinski definition) is 1. The van der Waals surface area contributed by atoms with E-state index in [-0.39, 0.29) is 0 Å². The Labute approximate surface area is 101 Å². The second-order valence-corrected chi connectivity index (χ2v) is 5.86. The van der Waals surface area contributed by atoms with Crippen LogP contribution in [0.5, 0.6) is 0 Å². The lowest BCUT2D eigenvalue weighted by Crippen LogP contribution is -2.16. The largest absolute Gasteiger partial charge is 0.385 e. The van der Waals surface area contributed by atoms with Crippen molar-refractivity contribution in [2.24, 2.45) is 0 Å². The smallest absolute Gasteiger partial charge is 0.0955 e. The zero-order valence-corrected chi connectivity index (χ0v) is 11.5. The van der Waals surface area contributed by atoms with E-state index in [4.69, 9.17) is 4.74 Å². The molecule has 0 bridgehead atoms. The number of nitrogens with zero attached hydrogens (tertiary/aromatic N) is 1. The molecule has 0 radical (unpaired) electrons. The van der Waals surface area contributed by atoms with Crippen LogP contribution >= 0.6 is 11.3 Å². The first-order chi connectivity index (χ1) is 7.36. The fourth-order valence-corrected chi connectivity index (χ4v) is 2.70. The third kappa shape index (κ3) is 3.27. The van der Waals surface area contributed by atoms with Crippen molar-refractivity contribution in [3.63, 3.8) is 0 Å². The van der Waals surface area contributed by atoms with Crippen molar-refractivity contribution in [2.45, 2.75) is 45.6 Å². The molecule has 92 valence electrons. The van der Waals surface area contributed by atoms with Crippen LogP contribution in [0.15, 0.2) is 0 Å². The van der Waals surface area contributed by atoms with Gasteiger partial charge in [-0.25, -0.2) is 4.98 Å². The van der Waals surface area contributed by atoms with E-state index in [1.54, 1.807) is 18.4 Å². The zero-order chi connectivity index (χ0) is 12.3. The highest BCUT2D eigenvalue weighted by molar-refractivity contribution is 7.11. The molecule has 1 aromatic rings. The van der Waals surface area contributed by atoms with Gasteiger partial charge in [0.25, 0.3) is 0 Å². The molecule has 0 aromatic carbocycles. The van der Waals surface area contributed by atoms with Gasteiger partial charge in [-0.15, -0.1) is 11.3 Å². The fraction of sp³-hybridized carbons (Fsp3) is 0.750. The molecule has 0 fully saturated rings. The second-order valence-electron chi connectivity index (χ2n) is 4.78. The van der Waals surface area contributed by atoms with Crippen molar-refractivity contribution in [3.05, 3.63) is 15.6 Å². The number of thiazole rings is 1. The molecule has 1 N–H and O–H groups in total. The summed E-state index contributed by atoms with van der Waals surface area (Å²) in [6.07, 6.45) is 0.816. The van der Waals surface area contributed by atoms with E-state index in [0.717, 1.165) is 22.0 Å². The Morgan fingerprint density at radius 3 is 2.44 bits per heavy atom. The van der Waals surface area contributed by atoms with E-state index in [1.807, 2.05) is 13.8 Å². The van der Waals surface area contributed by atoms with Crippen molar-refractivity contribution in [3.8, 4) is 0 Å². The van der Waals surface area contributed by atoms with E-state index < -0.39 is 5.60 Å². The van der Waals surface area contributed by atoms with Gasteiger partial charge >= 0.3 is 0 Å². The van der Waals surface area contributed by atoms with Crippen molar-refractivity contribution < 1.29 is 9.84 Å². The third-order valence-electron chi connectivity index (χ3n) is 2.32. The molecule has 0 saturated heterocycles. The molecule has 1 rings (SSSR count). The summed E-state index contributed by atoms with van der Waals surface area (Å²) in [5, 5.41) is 11.1. The topological polar surface area (TPSA) is 42.4 Å². The SMILES string of the molecule is COCCc1nc(C(C)C)c(C(C)(C)O)s1. The minimum atomic E-state index is -0.803. The van der Waals surface area contributed by atoms with Gasteiger partial charge in [-0.3, -0.25) is 0 Å². The summed E-state index contributed by atoms with van der Waals surface area (Å²) < 4.78 is 5.05. The van der Waals surface area contributed by atoms with Gasteiger partial charge in [0.15, 0.2) is 0 Å². The number of aliphatic hydroxyl groups is 1. The molecule has 3 nitrogen and oxygen atoms in total. The van der Waals surface area contributed by atoms with Crippen LogP contribution < -0.4 is 0 Å². The molecule has 0 unspecified atom stereocenters. The van der Waals surface area contributed by atoms with Crippen molar-refractivity contribution in [1.82, 2.24) is 4.98 Å². The molecule has 0 spiro atoms. The summed E-state index contributed by atoms with van der Waals surface area (Å²) in [6, 6.07) is 0. The van der Waals surface area contributed by atoms with Gasteiger partial charge in [0.1, 0.15) is 0 Å². The quantitative estimate of drug-likeness (QED) is 0.864. The van der Waals surface area contributed by atoms with Gasteiger partial charge in [0, 0.05) is 13.5 Å². The molecule has 0 amide bonds. The van der Waals surface area contributed by atoms with Crippen LogP contribution in [0.3, 0.4) is 0 Å². The Hall–Kier alpha value is -0.450. The summed E-state index contributed by atoms with van der Waals surface area (Å²) in [5.74, 6) is 0.342. The minimum absolute atomic E-state index is 0.342. The van der Waals surface area contributed by atoms with Gasteiger partial charge in [-0.2, -0.15) is 0 Å². The normalized spacial score (nSPS) is 12.4. The van der Waals surface area contributed by atoms with Crippen molar-refractivity contribution in [2.75, 3.05) is 13.7 Å². The molecule has 0 aliphatic rings. The molecule has 16 heavy (non-hydrogen) atoms. The Morgan fingerprint density at radius 2 is 2.06 bits per heavy atom. The summed E-state index contributed by atoms with van der Waals surface area (Å²) in [6.45, 7) is 8.50. The van der Waals surface area contributed by atoms with Crippen LogP contribution in [0.25, 0.3) is 0 Å². The molecule has 0 saturated carbocycles. The molecule has 0 atom stereocenters. The molecular weight excluding hydrogens is 222 g/mol. The Kier molecular flexibility index (Phi) is 4.47. The van der Waals surface area contributed by atoms with Crippen molar-refractivity contribution >= 4 is 11.3 Å². The monoisotopic (exact) mass is 243 g/mol. The Morgan fingerprint density at radius 1 is 1.44 bits per heavy atom. The summed E-state index contributed by atoms with van der Waals surface area (Å²) in [5.41, 5.74) is 0.214. The third-order valence-corrected chi connectivity index (χ3v) is 3.76. The van der Waals surface area contributed by atoms with E-state index in [9.17, 15) is 5.11 Å². The maximum Gasteiger partial charge on any atom is 0.0955 e. The van der Waals surface area contributed by atoms with Crippen LogP contribution in [0.4, 0.5) is 0 Å². The van der Waals surface area contributed by atoms with E-state index in [0.29, 0.717) is 12.5 Å². The van der Waals surface area contributed by atoms with E-state index in [1.165, 1.54) is 0 Å². The zero-order valence-electron chi connectivity index (χ0n) is 10.7. The van der Waals surface area contributed by atoms with Gasteiger partial charge in [0.05, 0.1) is 27.8 Å². The molecule has 1 heterocycles. The highest BCUT2D eigenvalue weighted by Crippen LogP contribution is 2.33. The summed E-state index contributed by atoms with van der Waals surface area (Å²) in [4.78, 5) is 5.57. The number of rotatable bonds is 5. The van der Waals surface area contributed by atoms with Crippen LogP contribution in [0, 0.1) is 0 Å². The maximum atomic E-state index is 10.1. The van der Waals surface area contributed by atoms with Gasteiger partial charge in [-0.05, 0) is 19.8 Å². The lowest BCUT2D eigenvalue weighted by Gasteiger charge is -2.17. The average molecular weight is 243 g/mol. The average Bonchev–Trinajstić information content (AvgIpc) is 2.58. The van der Waals surface area contributed by atoms with Crippen molar-refractivity contribution in [1.29, 1.82) is 0 Å². The molecule has 0 aliphatic carbocycles. The maximum absolute atomic E-state index is 10.1. The molecule has 4 heteroatoms. The first-order valence-corrected chi connectivity index (χ1v) is 6.39. The fourth-order valence-electron chi connectivity index (χ4n) is 1.50. The first kappa shape index (κ1) is 13.6. The van der Waals surface area contributed by atoms with E-state index >= 15 is 0 Å². The van der Waals surface area contributed by atoms with E-state index in [2.05, 4.69) is 18.8 Å². The summed E-state index contributed by atoms with van der Waals surface area (Å²) in [7, 11) is 1.69. The summed E-state index contributed by atoms with van der Waals surface area (Å²) >= 11 is 1.59. The second kappa shape index (κ2) is 5.25. The van der Waals surface area contributed by atoms with Gasteiger partial charge in [-0.1, -0.05) is 13.8 Å². The molecule has 1 aromatic heterocycles. The van der Waals surface area contributed by atoms with Gasteiger partial charge < -0.3 is 9.84 Å². The van der Waals surface area contributed by atoms with Crippen LogP contribution in [-0.4, -0.2) is 23.8 Å². The highest BCUT2D eigenvalue weighted by Gasteiger charge is 2.26. The standard InChI is InChI=1S/C12H21NO2S/c1-8(2)10-11(12(3,4)14)16-9(13-10)6-7-15-5/h8,14H,6-7H2,1-5H3. The Balaban J connectivity index is 3.01. The molecule has 0 aliphatic heterocycles. The number of methoxy groups -OCH3 is 1. The highest BCUT2D eigenvalue weighted by atomic mass is 32.1. The van der Waals surface area contributed by atoms with Crippen LogP contribution in [0.1, 0.15) is 49.2 Å². The predicted octanol–water partition coefficient (Wildman–Crippen LogP) is 2.68. The number of ether oxygens (including phenoxy) is 1.